The minimum Gasteiger partial charge on any atom is -0.370 e. The van der Waals surface area contributed by atoms with Crippen LogP contribution in [0, 0.1) is 5.82 Å². The van der Waals surface area contributed by atoms with Crippen molar-refractivity contribution in [1.29, 1.82) is 0 Å². The molecule has 5 heteroatoms. The minimum absolute atomic E-state index is 0.164. The second-order valence-electron chi connectivity index (χ2n) is 5.67. The highest BCUT2D eigenvalue weighted by atomic mass is 32.1. The van der Waals surface area contributed by atoms with Crippen molar-refractivity contribution in [2.24, 2.45) is 10.7 Å². The van der Waals surface area contributed by atoms with E-state index in [1.807, 2.05) is 12.1 Å². The molecule has 2 N–H and O–H groups in total. The Morgan fingerprint density at radius 2 is 2.29 bits per heavy atom. The first kappa shape index (κ1) is 12.8. The van der Waals surface area contributed by atoms with E-state index in [1.165, 1.54) is 10.4 Å². The van der Waals surface area contributed by atoms with Gasteiger partial charge < -0.3 is 10.6 Å². The van der Waals surface area contributed by atoms with Crippen molar-refractivity contribution >= 4 is 17.3 Å². The number of aliphatic imine (C=N–C) groups is 1. The fraction of sp³-hybridized carbons (Fsp3) is 0.312. The number of hydrogen-bond donors (Lipinski definition) is 1. The van der Waals surface area contributed by atoms with E-state index in [4.69, 9.17) is 5.73 Å². The highest BCUT2D eigenvalue weighted by Gasteiger charge is 2.47. The van der Waals surface area contributed by atoms with Crippen LogP contribution in [0.2, 0.25) is 0 Å². The number of hydrogen-bond acceptors (Lipinski definition) is 4. The Balaban J connectivity index is 1.75. The van der Waals surface area contributed by atoms with Crippen molar-refractivity contribution in [2.75, 3.05) is 6.54 Å². The molecule has 0 radical (unpaired) electrons. The maximum Gasteiger partial charge on any atom is 0.192 e. The summed E-state index contributed by atoms with van der Waals surface area (Å²) in [6.07, 6.45) is 1.83. The fourth-order valence-electron chi connectivity index (χ4n) is 3.54. The summed E-state index contributed by atoms with van der Waals surface area (Å²) >= 11 is 1.73. The van der Waals surface area contributed by atoms with E-state index in [9.17, 15) is 4.39 Å². The number of halogens is 1. The summed E-state index contributed by atoms with van der Waals surface area (Å²) in [6, 6.07) is 9.28. The summed E-state index contributed by atoms with van der Waals surface area (Å²) < 4.78 is 13.5. The molecule has 0 saturated carbocycles. The monoisotopic (exact) mass is 301 g/mol. The maximum atomic E-state index is 13.5. The third kappa shape index (κ3) is 1.87. The second kappa shape index (κ2) is 4.56. The normalized spacial score (nSPS) is 23.7. The Kier molecular flexibility index (Phi) is 2.79. The van der Waals surface area contributed by atoms with Crippen LogP contribution in [-0.4, -0.2) is 17.4 Å². The Labute approximate surface area is 126 Å². The lowest BCUT2D eigenvalue weighted by molar-refractivity contribution is 0.195. The molecule has 1 unspecified atom stereocenters. The van der Waals surface area contributed by atoms with Crippen LogP contribution >= 0.6 is 11.3 Å². The second-order valence-corrected chi connectivity index (χ2v) is 6.71. The Morgan fingerprint density at radius 1 is 1.38 bits per heavy atom. The summed E-state index contributed by atoms with van der Waals surface area (Å²) in [4.78, 5) is 7.95. The van der Waals surface area contributed by atoms with Gasteiger partial charge >= 0.3 is 0 Å². The minimum atomic E-state index is -0.183. The zero-order chi connectivity index (χ0) is 14.4. The van der Waals surface area contributed by atoms with Gasteiger partial charge in [-0.1, -0.05) is 12.1 Å². The number of fused-ring (bicyclic) bond motifs is 2. The fourth-order valence-corrected chi connectivity index (χ4v) is 4.23. The smallest absolute Gasteiger partial charge is 0.192 e. The summed E-state index contributed by atoms with van der Waals surface area (Å²) in [5, 5.41) is 2.07. The van der Waals surface area contributed by atoms with E-state index in [2.05, 4.69) is 21.3 Å². The zero-order valence-electron chi connectivity index (χ0n) is 11.6. The molecule has 0 bridgehead atoms. The molecule has 1 spiro atoms. The van der Waals surface area contributed by atoms with Gasteiger partial charge in [0.05, 0.1) is 18.6 Å². The van der Waals surface area contributed by atoms with E-state index in [-0.39, 0.29) is 11.4 Å². The lowest BCUT2D eigenvalue weighted by atomic mass is 9.90. The van der Waals surface area contributed by atoms with Crippen molar-refractivity contribution in [3.05, 3.63) is 57.5 Å². The van der Waals surface area contributed by atoms with E-state index >= 15 is 0 Å². The number of benzene rings is 1. The molecule has 2 aromatic rings. The average molecular weight is 301 g/mol. The van der Waals surface area contributed by atoms with Crippen LogP contribution in [0.25, 0.3) is 0 Å². The highest BCUT2D eigenvalue weighted by Crippen LogP contribution is 2.45. The Hall–Kier alpha value is -1.88. The van der Waals surface area contributed by atoms with Gasteiger partial charge in [0, 0.05) is 4.88 Å². The molecule has 3 nitrogen and oxygen atoms in total. The molecule has 1 aromatic carbocycles. The number of nitrogens with zero attached hydrogens (tertiary/aromatic N) is 2. The van der Waals surface area contributed by atoms with Crippen LogP contribution in [0.5, 0.6) is 0 Å². The van der Waals surface area contributed by atoms with Crippen LogP contribution in [0.1, 0.15) is 22.4 Å². The summed E-state index contributed by atoms with van der Waals surface area (Å²) in [6.45, 7) is 1.44. The average Bonchev–Trinajstić information content (AvgIpc) is 3.16. The van der Waals surface area contributed by atoms with E-state index in [1.54, 1.807) is 23.5 Å². The molecular weight excluding hydrogens is 285 g/mol. The molecule has 21 heavy (non-hydrogen) atoms. The largest absolute Gasteiger partial charge is 0.370 e. The van der Waals surface area contributed by atoms with Gasteiger partial charge in [-0.15, -0.1) is 11.3 Å². The molecule has 0 amide bonds. The topological polar surface area (TPSA) is 41.6 Å². The quantitative estimate of drug-likeness (QED) is 0.926. The zero-order valence-corrected chi connectivity index (χ0v) is 12.4. The van der Waals surface area contributed by atoms with Crippen molar-refractivity contribution in [3.8, 4) is 0 Å². The van der Waals surface area contributed by atoms with E-state index < -0.39 is 0 Å². The lowest BCUT2D eigenvalue weighted by Gasteiger charge is -2.36. The van der Waals surface area contributed by atoms with Gasteiger partial charge in [0.25, 0.3) is 0 Å². The van der Waals surface area contributed by atoms with Crippen LogP contribution in [0.3, 0.4) is 0 Å². The van der Waals surface area contributed by atoms with Gasteiger partial charge in [0.15, 0.2) is 5.96 Å². The third-order valence-corrected chi connectivity index (χ3v) is 5.43. The van der Waals surface area contributed by atoms with Gasteiger partial charge in [0.2, 0.25) is 0 Å². The van der Waals surface area contributed by atoms with Gasteiger partial charge in [-0.3, -0.25) is 4.99 Å². The first-order chi connectivity index (χ1) is 10.2. The molecule has 108 valence electrons. The summed E-state index contributed by atoms with van der Waals surface area (Å²) in [5.74, 6) is 0.433. The molecule has 2 aliphatic rings. The maximum absolute atomic E-state index is 13.5. The van der Waals surface area contributed by atoms with Crippen molar-refractivity contribution in [3.63, 3.8) is 0 Å². The first-order valence-electron chi connectivity index (χ1n) is 7.08. The highest BCUT2D eigenvalue weighted by molar-refractivity contribution is 7.09. The van der Waals surface area contributed by atoms with Crippen molar-refractivity contribution in [2.45, 2.75) is 24.9 Å². The predicted octanol–water partition coefficient (Wildman–Crippen LogP) is 2.86. The first-order valence-corrected chi connectivity index (χ1v) is 7.96. The standard InChI is InChI=1S/C16H16FN3S/c17-12-3-4-14-11(8-12)5-6-16(14)10-19-15(18)20(16)9-13-2-1-7-21-13/h1-4,7-8H,5-6,9-10H2,(H2,18,19). The van der Waals surface area contributed by atoms with Gasteiger partial charge in [-0.05, 0) is 47.5 Å². The molecule has 1 aromatic heterocycles. The lowest BCUT2D eigenvalue weighted by Crippen LogP contribution is -2.47. The summed E-state index contributed by atoms with van der Waals surface area (Å²) in [7, 11) is 0. The van der Waals surface area contributed by atoms with Gasteiger partial charge in [0.1, 0.15) is 5.82 Å². The predicted molar refractivity (Wildman–Crippen MR) is 82.8 cm³/mol. The summed E-state index contributed by atoms with van der Waals surface area (Å²) in [5.41, 5.74) is 8.24. The van der Waals surface area contributed by atoms with E-state index in [0.29, 0.717) is 12.5 Å². The number of guanidine groups is 1. The SMILES string of the molecule is NC1=NCC2(CCc3cc(F)ccc32)N1Cc1cccs1. The van der Waals surface area contributed by atoms with Gasteiger partial charge in [-0.25, -0.2) is 4.39 Å². The number of nitrogens with two attached hydrogens (primary N) is 1. The number of rotatable bonds is 2. The van der Waals surface area contributed by atoms with Crippen molar-refractivity contribution < 1.29 is 4.39 Å². The Morgan fingerprint density at radius 3 is 3.10 bits per heavy atom. The molecule has 0 saturated heterocycles. The number of thiophene rings is 1. The molecule has 2 heterocycles. The van der Waals surface area contributed by atoms with Crippen LogP contribution in [0.15, 0.2) is 40.7 Å². The van der Waals surface area contributed by atoms with Crippen LogP contribution < -0.4 is 5.73 Å². The molecular formula is C16H16FN3S. The molecule has 1 aliphatic heterocycles. The molecule has 4 rings (SSSR count). The van der Waals surface area contributed by atoms with Crippen molar-refractivity contribution in [1.82, 2.24) is 4.90 Å². The van der Waals surface area contributed by atoms with Gasteiger partial charge in [-0.2, -0.15) is 0 Å². The molecule has 0 fully saturated rings. The third-order valence-electron chi connectivity index (χ3n) is 4.57. The molecule has 1 atom stereocenters. The Bertz CT molecular complexity index is 710. The molecule has 1 aliphatic carbocycles. The van der Waals surface area contributed by atoms with Crippen LogP contribution in [-0.2, 0) is 18.5 Å². The van der Waals surface area contributed by atoms with E-state index in [0.717, 1.165) is 24.9 Å². The van der Waals surface area contributed by atoms with Crippen LogP contribution in [0.4, 0.5) is 4.39 Å². The number of aryl methyl sites for hydroxylation is 1.